The van der Waals surface area contributed by atoms with Crippen LogP contribution in [0.25, 0.3) is 0 Å². The molecule has 1 heterocycles. The lowest BCUT2D eigenvalue weighted by atomic mass is 10.3. The minimum atomic E-state index is -2.90. The van der Waals surface area contributed by atoms with Gasteiger partial charge in [0, 0.05) is 6.20 Å². The molecule has 0 unspecified atom stereocenters. The van der Waals surface area contributed by atoms with Crippen molar-refractivity contribution >= 4 is 28.8 Å². The van der Waals surface area contributed by atoms with Crippen LogP contribution in [0.3, 0.4) is 0 Å². The molecule has 1 aromatic heterocycles. The molecule has 0 bridgehead atoms. The minimum absolute atomic E-state index is 0.00801. The third-order valence-corrected chi connectivity index (χ3v) is 2.45. The smallest absolute Gasteiger partial charge is 0.387 e. The summed E-state index contributed by atoms with van der Waals surface area (Å²) in [5.41, 5.74) is 6.36. The Bertz CT molecular complexity index is 581. The van der Waals surface area contributed by atoms with Crippen LogP contribution in [0.15, 0.2) is 36.5 Å². The van der Waals surface area contributed by atoms with Crippen LogP contribution in [0.2, 0.25) is 5.02 Å². The summed E-state index contributed by atoms with van der Waals surface area (Å²) in [4.78, 5) is 3.98. The van der Waals surface area contributed by atoms with Crippen molar-refractivity contribution in [1.29, 1.82) is 0 Å². The SMILES string of the molecule is Nc1cc(Cl)cnc1Nc1ccccc1OC(F)F. The highest BCUT2D eigenvalue weighted by molar-refractivity contribution is 6.30. The van der Waals surface area contributed by atoms with Crippen molar-refractivity contribution < 1.29 is 13.5 Å². The van der Waals surface area contributed by atoms with Gasteiger partial charge in [-0.15, -0.1) is 0 Å². The molecule has 0 amide bonds. The zero-order valence-corrected chi connectivity index (χ0v) is 10.4. The predicted molar refractivity (Wildman–Crippen MR) is 70.0 cm³/mol. The van der Waals surface area contributed by atoms with E-state index in [0.717, 1.165) is 0 Å². The van der Waals surface area contributed by atoms with Crippen LogP contribution in [0.5, 0.6) is 5.75 Å². The molecule has 0 aliphatic heterocycles. The Morgan fingerprint density at radius 1 is 1.32 bits per heavy atom. The summed E-state index contributed by atoms with van der Waals surface area (Å²) >= 11 is 5.73. The van der Waals surface area contributed by atoms with E-state index in [1.165, 1.54) is 18.3 Å². The summed E-state index contributed by atoms with van der Waals surface area (Å²) in [6.45, 7) is -2.90. The van der Waals surface area contributed by atoms with Crippen molar-refractivity contribution in [3.63, 3.8) is 0 Å². The molecule has 0 fully saturated rings. The van der Waals surface area contributed by atoms with Gasteiger partial charge in [-0.3, -0.25) is 0 Å². The number of benzene rings is 1. The highest BCUT2D eigenvalue weighted by Crippen LogP contribution is 2.30. The Labute approximate surface area is 113 Å². The maximum atomic E-state index is 12.3. The molecule has 0 radical (unpaired) electrons. The number of hydrogen-bond donors (Lipinski definition) is 2. The van der Waals surface area contributed by atoms with Crippen LogP contribution in [-0.2, 0) is 0 Å². The summed E-state index contributed by atoms with van der Waals surface area (Å²) < 4.78 is 28.9. The van der Waals surface area contributed by atoms with E-state index in [9.17, 15) is 8.78 Å². The Morgan fingerprint density at radius 2 is 2.05 bits per heavy atom. The molecule has 0 spiro atoms. The molecule has 100 valence electrons. The highest BCUT2D eigenvalue weighted by Gasteiger charge is 2.10. The molecule has 1 aromatic carbocycles. The fourth-order valence-electron chi connectivity index (χ4n) is 1.46. The van der Waals surface area contributed by atoms with Crippen molar-refractivity contribution in [3.8, 4) is 5.75 Å². The predicted octanol–water partition coefficient (Wildman–Crippen LogP) is 3.66. The molecule has 7 heteroatoms. The number of nitrogen functional groups attached to an aromatic ring is 1. The maximum Gasteiger partial charge on any atom is 0.387 e. The number of anilines is 3. The number of para-hydroxylation sites is 2. The quantitative estimate of drug-likeness (QED) is 0.900. The second-order valence-electron chi connectivity index (χ2n) is 3.59. The number of nitrogens with zero attached hydrogens (tertiary/aromatic N) is 1. The zero-order chi connectivity index (χ0) is 13.8. The summed E-state index contributed by atoms with van der Waals surface area (Å²) in [6.07, 6.45) is 1.40. The lowest BCUT2D eigenvalue weighted by molar-refractivity contribution is -0.0493. The van der Waals surface area contributed by atoms with Gasteiger partial charge in [-0.05, 0) is 18.2 Å². The van der Waals surface area contributed by atoms with Crippen LogP contribution in [0, 0.1) is 0 Å². The number of nitrogens with one attached hydrogen (secondary N) is 1. The van der Waals surface area contributed by atoms with Crippen molar-refractivity contribution in [2.75, 3.05) is 11.1 Å². The number of pyridine rings is 1. The second kappa shape index (κ2) is 5.71. The van der Waals surface area contributed by atoms with Crippen molar-refractivity contribution in [3.05, 3.63) is 41.6 Å². The molecule has 2 aromatic rings. The number of aromatic nitrogens is 1. The van der Waals surface area contributed by atoms with Gasteiger partial charge < -0.3 is 15.8 Å². The molecule has 2 rings (SSSR count). The number of ether oxygens (including phenoxy) is 1. The van der Waals surface area contributed by atoms with Gasteiger partial charge in [-0.25, -0.2) is 4.98 Å². The number of hydrogen-bond acceptors (Lipinski definition) is 4. The first-order chi connectivity index (χ1) is 9.06. The van der Waals surface area contributed by atoms with E-state index in [0.29, 0.717) is 22.2 Å². The first kappa shape index (κ1) is 13.4. The molecular weight excluding hydrogens is 276 g/mol. The Hall–Kier alpha value is -2.08. The van der Waals surface area contributed by atoms with E-state index in [2.05, 4.69) is 15.0 Å². The zero-order valence-electron chi connectivity index (χ0n) is 9.61. The van der Waals surface area contributed by atoms with Crippen molar-refractivity contribution in [2.24, 2.45) is 0 Å². The molecule has 19 heavy (non-hydrogen) atoms. The molecule has 3 N–H and O–H groups in total. The van der Waals surface area contributed by atoms with Gasteiger partial charge in [0.05, 0.1) is 16.4 Å². The molecule has 0 atom stereocenters. The average Bonchev–Trinajstić information content (AvgIpc) is 2.34. The topological polar surface area (TPSA) is 60.2 Å². The molecule has 4 nitrogen and oxygen atoms in total. The summed E-state index contributed by atoms with van der Waals surface area (Å²) in [6, 6.07) is 7.76. The highest BCUT2D eigenvalue weighted by atomic mass is 35.5. The second-order valence-corrected chi connectivity index (χ2v) is 4.03. The van der Waals surface area contributed by atoms with Crippen molar-refractivity contribution in [2.45, 2.75) is 6.61 Å². The first-order valence-corrected chi connectivity index (χ1v) is 5.66. The maximum absolute atomic E-state index is 12.3. The largest absolute Gasteiger partial charge is 0.433 e. The van der Waals surface area contributed by atoms with E-state index in [1.54, 1.807) is 18.2 Å². The van der Waals surface area contributed by atoms with Gasteiger partial charge in [0.1, 0.15) is 5.75 Å². The van der Waals surface area contributed by atoms with Gasteiger partial charge in [-0.1, -0.05) is 23.7 Å². The minimum Gasteiger partial charge on any atom is -0.433 e. The molecule has 0 saturated carbocycles. The Balaban J connectivity index is 2.27. The van der Waals surface area contributed by atoms with Crippen molar-refractivity contribution in [1.82, 2.24) is 4.98 Å². The standard InChI is InChI=1S/C12H10ClF2N3O/c13-7-5-8(16)11(17-6-7)18-9-3-1-2-4-10(9)19-12(14)15/h1-6,12H,16H2,(H,17,18). The number of nitrogens with two attached hydrogens (primary N) is 1. The van der Waals surface area contributed by atoms with Gasteiger partial charge >= 0.3 is 6.61 Å². The van der Waals surface area contributed by atoms with E-state index in [4.69, 9.17) is 17.3 Å². The van der Waals surface area contributed by atoms with E-state index >= 15 is 0 Å². The van der Waals surface area contributed by atoms with Crippen LogP contribution in [0.4, 0.5) is 26.0 Å². The van der Waals surface area contributed by atoms with E-state index < -0.39 is 6.61 Å². The number of alkyl halides is 2. The first-order valence-electron chi connectivity index (χ1n) is 5.28. The van der Waals surface area contributed by atoms with E-state index in [1.807, 2.05) is 0 Å². The van der Waals surface area contributed by atoms with Gasteiger partial charge in [0.25, 0.3) is 0 Å². The molecular formula is C12H10ClF2N3O. The fraction of sp³-hybridized carbons (Fsp3) is 0.0833. The summed E-state index contributed by atoms with van der Waals surface area (Å²) in [5.74, 6) is 0.323. The lowest BCUT2D eigenvalue weighted by Gasteiger charge is -2.13. The van der Waals surface area contributed by atoms with Crippen LogP contribution < -0.4 is 15.8 Å². The van der Waals surface area contributed by atoms with Gasteiger partial charge in [0.15, 0.2) is 5.82 Å². The van der Waals surface area contributed by atoms with E-state index in [-0.39, 0.29) is 5.75 Å². The van der Waals surface area contributed by atoms with Gasteiger partial charge in [0.2, 0.25) is 0 Å². The molecule has 0 aliphatic rings. The van der Waals surface area contributed by atoms with Gasteiger partial charge in [-0.2, -0.15) is 8.78 Å². The molecule has 0 aliphatic carbocycles. The lowest BCUT2D eigenvalue weighted by Crippen LogP contribution is -2.05. The van der Waals surface area contributed by atoms with Crippen LogP contribution in [0.1, 0.15) is 0 Å². The number of halogens is 3. The normalized spacial score (nSPS) is 10.5. The average molecular weight is 286 g/mol. The third kappa shape index (κ3) is 3.45. The monoisotopic (exact) mass is 285 g/mol. The summed E-state index contributed by atoms with van der Waals surface area (Å²) in [7, 11) is 0. The molecule has 0 saturated heterocycles. The third-order valence-electron chi connectivity index (χ3n) is 2.24. The van der Waals surface area contributed by atoms with Crippen LogP contribution >= 0.6 is 11.6 Å². The fourth-order valence-corrected chi connectivity index (χ4v) is 1.62. The van der Waals surface area contributed by atoms with Crippen LogP contribution in [-0.4, -0.2) is 11.6 Å². The summed E-state index contributed by atoms with van der Waals surface area (Å²) in [5, 5.41) is 3.21. The Kier molecular flexibility index (Phi) is 4.01. The number of rotatable bonds is 4. The Morgan fingerprint density at radius 3 is 2.74 bits per heavy atom.